The number of carbonyl (C=O) groups excluding carboxylic acids is 2. The first-order valence-corrected chi connectivity index (χ1v) is 7.81. The Labute approximate surface area is 130 Å². The number of anilines is 1. The smallest absolute Gasteiger partial charge is 0.312 e. The Balaban J connectivity index is 1.76. The fourth-order valence-electron chi connectivity index (χ4n) is 2.36. The second-order valence-corrected chi connectivity index (χ2v) is 5.29. The van der Waals surface area contributed by atoms with E-state index in [-0.39, 0.29) is 0 Å². The number of carbonyl (C=O) groups is 2. The predicted octanol–water partition coefficient (Wildman–Crippen LogP) is 0.432. The quantitative estimate of drug-likeness (QED) is 0.630. The van der Waals surface area contributed by atoms with Crippen molar-refractivity contribution in [3.8, 4) is 0 Å². The number of rotatable bonds is 5. The summed E-state index contributed by atoms with van der Waals surface area (Å²) >= 11 is 0. The van der Waals surface area contributed by atoms with Crippen molar-refractivity contribution in [3.63, 3.8) is 0 Å². The normalized spacial score (nSPS) is 14.8. The van der Waals surface area contributed by atoms with Gasteiger partial charge in [0.15, 0.2) is 0 Å². The summed E-state index contributed by atoms with van der Waals surface area (Å²) in [6.45, 7) is 4.97. The maximum absolute atomic E-state index is 12.1. The van der Waals surface area contributed by atoms with E-state index in [1.807, 2.05) is 4.90 Å². The third kappa shape index (κ3) is 4.41. The molecule has 7 heteroatoms. The van der Waals surface area contributed by atoms with Crippen LogP contribution in [0.25, 0.3) is 0 Å². The van der Waals surface area contributed by atoms with Crippen LogP contribution >= 0.6 is 0 Å². The van der Waals surface area contributed by atoms with Gasteiger partial charge < -0.3 is 15.1 Å². The minimum absolute atomic E-state index is 0.440. The van der Waals surface area contributed by atoms with E-state index >= 15 is 0 Å². The molecule has 2 rings (SSSR count). The molecule has 120 valence electrons. The molecule has 1 saturated heterocycles. The molecule has 1 aromatic rings. The molecule has 0 saturated carbocycles. The average molecular weight is 305 g/mol. The maximum Gasteiger partial charge on any atom is 0.312 e. The molecule has 1 aromatic heterocycles. The molecule has 1 N–H and O–H groups in total. The van der Waals surface area contributed by atoms with Crippen molar-refractivity contribution >= 4 is 17.8 Å². The van der Waals surface area contributed by atoms with Crippen molar-refractivity contribution in [2.75, 3.05) is 37.6 Å². The van der Waals surface area contributed by atoms with Crippen LogP contribution in [0.5, 0.6) is 0 Å². The number of piperazine rings is 1. The van der Waals surface area contributed by atoms with Crippen LogP contribution in [0.4, 0.5) is 5.95 Å². The number of nitrogens with one attached hydrogen (secondary N) is 1. The molecule has 0 spiro atoms. The van der Waals surface area contributed by atoms with Gasteiger partial charge in [-0.15, -0.1) is 0 Å². The van der Waals surface area contributed by atoms with Crippen LogP contribution < -0.4 is 10.2 Å². The summed E-state index contributed by atoms with van der Waals surface area (Å²) in [5.74, 6) is -0.274. The van der Waals surface area contributed by atoms with E-state index in [4.69, 9.17) is 0 Å². The van der Waals surface area contributed by atoms with Crippen molar-refractivity contribution in [2.24, 2.45) is 0 Å². The van der Waals surface area contributed by atoms with Gasteiger partial charge in [0.25, 0.3) is 0 Å². The van der Waals surface area contributed by atoms with Gasteiger partial charge in [0.1, 0.15) is 0 Å². The number of nitrogens with zero attached hydrogens (tertiary/aromatic N) is 4. The van der Waals surface area contributed by atoms with Crippen LogP contribution in [0.2, 0.25) is 0 Å². The van der Waals surface area contributed by atoms with Gasteiger partial charge in [0.2, 0.25) is 5.95 Å². The molecule has 0 aliphatic carbocycles. The SMILES string of the molecule is CCCCCNC(=O)C(=O)N1CCN(c2ncccn2)CC1. The molecule has 7 nitrogen and oxygen atoms in total. The molecule has 1 aliphatic rings. The molecule has 0 unspecified atom stereocenters. The summed E-state index contributed by atoms with van der Waals surface area (Å²) in [4.78, 5) is 35.9. The van der Waals surface area contributed by atoms with Crippen LogP contribution in [-0.4, -0.2) is 59.4 Å². The first-order chi connectivity index (χ1) is 10.7. The summed E-state index contributed by atoms with van der Waals surface area (Å²) in [7, 11) is 0. The highest BCUT2D eigenvalue weighted by Gasteiger charge is 2.26. The Morgan fingerprint density at radius 3 is 2.45 bits per heavy atom. The summed E-state index contributed by atoms with van der Waals surface area (Å²) in [5, 5.41) is 2.69. The highest BCUT2D eigenvalue weighted by Crippen LogP contribution is 2.09. The zero-order chi connectivity index (χ0) is 15.8. The van der Waals surface area contributed by atoms with E-state index in [1.54, 1.807) is 23.4 Å². The average Bonchev–Trinajstić information content (AvgIpc) is 2.59. The fourth-order valence-corrected chi connectivity index (χ4v) is 2.36. The molecule has 2 heterocycles. The summed E-state index contributed by atoms with van der Waals surface area (Å²) < 4.78 is 0. The van der Waals surface area contributed by atoms with Crippen molar-refractivity contribution in [2.45, 2.75) is 26.2 Å². The molecular weight excluding hydrogens is 282 g/mol. The summed E-state index contributed by atoms with van der Waals surface area (Å²) in [6.07, 6.45) is 6.46. The molecule has 0 atom stereocenters. The van der Waals surface area contributed by atoms with Gasteiger partial charge in [0.05, 0.1) is 0 Å². The van der Waals surface area contributed by atoms with Crippen molar-refractivity contribution in [1.29, 1.82) is 0 Å². The maximum atomic E-state index is 12.1. The molecule has 22 heavy (non-hydrogen) atoms. The third-order valence-electron chi connectivity index (χ3n) is 3.66. The lowest BCUT2D eigenvalue weighted by atomic mass is 10.2. The number of amides is 2. The minimum Gasteiger partial charge on any atom is -0.348 e. The van der Waals surface area contributed by atoms with Crippen LogP contribution in [0.1, 0.15) is 26.2 Å². The summed E-state index contributed by atoms with van der Waals surface area (Å²) in [5.41, 5.74) is 0. The number of hydrogen-bond donors (Lipinski definition) is 1. The largest absolute Gasteiger partial charge is 0.348 e. The van der Waals surface area contributed by atoms with E-state index in [1.165, 1.54) is 0 Å². The zero-order valence-electron chi connectivity index (χ0n) is 13.0. The Kier molecular flexibility index (Phi) is 6.12. The first-order valence-electron chi connectivity index (χ1n) is 7.81. The summed E-state index contributed by atoms with van der Waals surface area (Å²) in [6, 6.07) is 1.77. The van der Waals surface area contributed by atoms with Crippen LogP contribution in [0, 0.1) is 0 Å². The van der Waals surface area contributed by atoms with Gasteiger partial charge in [-0.05, 0) is 12.5 Å². The molecular formula is C15H23N5O2. The van der Waals surface area contributed by atoms with E-state index in [0.29, 0.717) is 38.7 Å². The van der Waals surface area contributed by atoms with Gasteiger partial charge in [-0.3, -0.25) is 9.59 Å². The Hall–Kier alpha value is -2.18. The van der Waals surface area contributed by atoms with Crippen LogP contribution in [0.15, 0.2) is 18.5 Å². The second kappa shape index (κ2) is 8.31. The van der Waals surface area contributed by atoms with E-state index < -0.39 is 11.8 Å². The molecule has 0 aromatic carbocycles. The van der Waals surface area contributed by atoms with E-state index in [2.05, 4.69) is 22.2 Å². The van der Waals surface area contributed by atoms with Crippen LogP contribution in [-0.2, 0) is 9.59 Å². The topological polar surface area (TPSA) is 78.4 Å². The molecule has 2 amide bonds. The van der Waals surface area contributed by atoms with Crippen molar-refractivity contribution in [1.82, 2.24) is 20.2 Å². The standard InChI is InChI=1S/C15H23N5O2/c1-2-3-4-6-16-13(21)14(22)19-9-11-20(12-10-19)15-17-7-5-8-18-15/h5,7-8H,2-4,6,9-12H2,1H3,(H,16,21). The Morgan fingerprint density at radius 2 is 1.82 bits per heavy atom. The Bertz CT molecular complexity index is 486. The minimum atomic E-state index is -0.500. The predicted molar refractivity (Wildman–Crippen MR) is 83.4 cm³/mol. The number of unbranched alkanes of at least 4 members (excludes halogenated alkanes) is 2. The lowest BCUT2D eigenvalue weighted by Crippen LogP contribution is -2.53. The van der Waals surface area contributed by atoms with Crippen LogP contribution in [0.3, 0.4) is 0 Å². The Morgan fingerprint density at radius 1 is 1.14 bits per heavy atom. The third-order valence-corrected chi connectivity index (χ3v) is 3.66. The van der Waals surface area contributed by atoms with Crippen molar-refractivity contribution < 1.29 is 9.59 Å². The molecule has 1 aliphatic heterocycles. The molecule has 0 radical (unpaired) electrons. The monoisotopic (exact) mass is 305 g/mol. The van der Waals surface area contributed by atoms with Gasteiger partial charge in [-0.25, -0.2) is 9.97 Å². The van der Waals surface area contributed by atoms with Gasteiger partial charge in [0, 0.05) is 45.1 Å². The van der Waals surface area contributed by atoms with Crippen molar-refractivity contribution in [3.05, 3.63) is 18.5 Å². The van der Waals surface area contributed by atoms with Gasteiger partial charge in [-0.1, -0.05) is 19.8 Å². The molecule has 1 fully saturated rings. The molecule has 0 bridgehead atoms. The highest BCUT2D eigenvalue weighted by atomic mass is 16.2. The lowest BCUT2D eigenvalue weighted by Gasteiger charge is -2.34. The van der Waals surface area contributed by atoms with E-state index in [9.17, 15) is 9.59 Å². The number of aromatic nitrogens is 2. The highest BCUT2D eigenvalue weighted by molar-refractivity contribution is 6.35. The van der Waals surface area contributed by atoms with E-state index in [0.717, 1.165) is 19.3 Å². The lowest BCUT2D eigenvalue weighted by molar-refractivity contribution is -0.146. The zero-order valence-corrected chi connectivity index (χ0v) is 13.0. The van der Waals surface area contributed by atoms with Gasteiger partial charge >= 0.3 is 11.8 Å². The van der Waals surface area contributed by atoms with Gasteiger partial charge in [-0.2, -0.15) is 0 Å². The number of hydrogen-bond acceptors (Lipinski definition) is 5. The fraction of sp³-hybridized carbons (Fsp3) is 0.600. The first kappa shape index (κ1) is 16.2. The second-order valence-electron chi connectivity index (χ2n) is 5.29.